The molecule has 2 rings (SSSR count). The summed E-state index contributed by atoms with van der Waals surface area (Å²) in [5, 5.41) is 0. The minimum Gasteiger partial charge on any atom is -0.444 e. The van der Waals surface area contributed by atoms with Crippen LogP contribution in [0.15, 0.2) is 17.3 Å². The van der Waals surface area contributed by atoms with E-state index in [-0.39, 0.29) is 23.5 Å². The van der Waals surface area contributed by atoms with Gasteiger partial charge in [0.1, 0.15) is 11.5 Å². The fourth-order valence-corrected chi connectivity index (χ4v) is 3.98. The Morgan fingerprint density at radius 3 is 2.28 bits per heavy atom. The number of likely N-dealkylation sites (tertiary alicyclic amines) is 1. The number of nitrogens with zero attached hydrogens (tertiary/aromatic N) is 2. The maximum atomic E-state index is 12.6. The van der Waals surface area contributed by atoms with Gasteiger partial charge in [0.25, 0.3) is 0 Å². The highest BCUT2D eigenvalue weighted by Crippen LogP contribution is 2.67. The molecule has 1 saturated heterocycles. The highest BCUT2D eigenvalue weighted by molar-refractivity contribution is 5.73. The molecule has 0 bridgehead atoms. The quantitative estimate of drug-likeness (QED) is 0.681. The Balaban J connectivity index is 2.39. The molecule has 0 aromatic rings. The maximum Gasteiger partial charge on any atom is 0.410 e. The second-order valence-corrected chi connectivity index (χ2v) is 9.70. The summed E-state index contributed by atoms with van der Waals surface area (Å²) in [6.07, 6.45) is 2.64. The second kappa shape index (κ2) is 6.21. The van der Waals surface area contributed by atoms with E-state index in [0.29, 0.717) is 18.0 Å². The molecular formula is C20H32N2O3. The Hall–Kier alpha value is -1.74. The van der Waals surface area contributed by atoms with E-state index in [1.54, 1.807) is 4.90 Å². The number of rotatable bonds is 1. The zero-order valence-electron chi connectivity index (χ0n) is 16.9. The van der Waals surface area contributed by atoms with Gasteiger partial charge < -0.3 is 14.5 Å². The third kappa shape index (κ3) is 4.09. The lowest BCUT2D eigenvalue weighted by molar-refractivity contribution is 0.0207. The summed E-state index contributed by atoms with van der Waals surface area (Å²) in [4.78, 5) is 27.9. The average molecular weight is 348 g/mol. The summed E-state index contributed by atoms with van der Waals surface area (Å²) in [6.45, 7) is 13.1. The second-order valence-electron chi connectivity index (χ2n) is 9.70. The van der Waals surface area contributed by atoms with Crippen LogP contribution in [0, 0.1) is 16.7 Å². The SMILES string of the molecule is CN(C)/C=C1\C(=C=O)CN(C(=O)OC(C)(C)C)CC12CC2C(C)(C)C. The van der Waals surface area contributed by atoms with Gasteiger partial charge in [-0.3, -0.25) is 0 Å². The fraction of sp³-hybridized carbons (Fsp3) is 0.750. The maximum absolute atomic E-state index is 12.6. The molecule has 1 heterocycles. The molecule has 0 radical (unpaired) electrons. The minimum absolute atomic E-state index is 0.107. The van der Waals surface area contributed by atoms with Crippen LogP contribution in [0.4, 0.5) is 4.79 Å². The molecule has 0 N–H and O–H groups in total. The fourth-order valence-electron chi connectivity index (χ4n) is 3.98. The monoisotopic (exact) mass is 348 g/mol. The number of piperidine rings is 1. The molecule has 5 heteroatoms. The summed E-state index contributed by atoms with van der Waals surface area (Å²) >= 11 is 0. The van der Waals surface area contributed by atoms with E-state index in [2.05, 4.69) is 26.7 Å². The van der Waals surface area contributed by atoms with Crippen LogP contribution >= 0.6 is 0 Å². The topological polar surface area (TPSA) is 49.9 Å². The smallest absolute Gasteiger partial charge is 0.410 e. The zero-order valence-corrected chi connectivity index (χ0v) is 16.9. The van der Waals surface area contributed by atoms with Crippen molar-refractivity contribution in [3.8, 4) is 0 Å². The third-order valence-electron chi connectivity index (χ3n) is 4.97. The molecule has 1 aliphatic carbocycles. The summed E-state index contributed by atoms with van der Waals surface area (Å²) in [5.41, 5.74) is 0.979. The van der Waals surface area contributed by atoms with Crippen LogP contribution in [-0.4, -0.2) is 54.6 Å². The number of carbonyl (C=O) groups excluding carboxylic acids is 2. The lowest BCUT2D eigenvalue weighted by atomic mass is 9.77. The summed E-state index contributed by atoms with van der Waals surface area (Å²) < 4.78 is 5.54. The Labute approximate surface area is 151 Å². The van der Waals surface area contributed by atoms with Crippen LogP contribution in [0.5, 0.6) is 0 Å². The van der Waals surface area contributed by atoms with E-state index < -0.39 is 5.60 Å². The van der Waals surface area contributed by atoms with Gasteiger partial charge in [-0.25, -0.2) is 9.59 Å². The van der Waals surface area contributed by atoms with Crippen molar-refractivity contribution < 1.29 is 14.3 Å². The van der Waals surface area contributed by atoms with Gasteiger partial charge in [0, 0.05) is 32.3 Å². The lowest BCUT2D eigenvalue weighted by Crippen LogP contribution is -2.47. The summed E-state index contributed by atoms with van der Waals surface area (Å²) in [5.74, 6) is 2.51. The van der Waals surface area contributed by atoms with Crippen molar-refractivity contribution in [1.82, 2.24) is 9.80 Å². The van der Waals surface area contributed by atoms with Gasteiger partial charge in [-0.1, -0.05) is 20.8 Å². The molecule has 2 unspecified atom stereocenters. The molecule has 1 spiro atoms. The van der Waals surface area contributed by atoms with Crippen LogP contribution in [0.1, 0.15) is 48.0 Å². The van der Waals surface area contributed by atoms with E-state index in [0.717, 1.165) is 12.0 Å². The molecular weight excluding hydrogens is 316 g/mol. The van der Waals surface area contributed by atoms with Crippen molar-refractivity contribution in [2.45, 2.75) is 53.6 Å². The lowest BCUT2D eigenvalue weighted by Gasteiger charge is -2.39. The number of hydrogen-bond acceptors (Lipinski definition) is 4. The molecule has 140 valence electrons. The average Bonchev–Trinajstić information content (AvgIpc) is 3.13. The summed E-state index contributed by atoms with van der Waals surface area (Å²) in [7, 11) is 3.91. The van der Waals surface area contributed by atoms with Crippen molar-refractivity contribution in [3.63, 3.8) is 0 Å². The number of hydrogen-bond donors (Lipinski definition) is 0. The normalized spacial score (nSPS) is 28.2. The van der Waals surface area contributed by atoms with Crippen LogP contribution in [0.2, 0.25) is 0 Å². The predicted molar refractivity (Wildman–Crippen MR) is 98.8 cm³/mol. The van der Waals surface area contributed by atoms with Crippen LogP contribution in [0.25, 0.3) is 0 Å². The van der Waals surface area contributed by atoms with Crippen LogP contribution < -0.4 is 0 Å². The van der Waals surface area contributed by atoms with Gasteiger partial charge in [-0.15, -0.1) is 0 Å². The van der Waals surface area contributed by atoms with Gasteiger partial charge in [0.15, 0.2) is 0 Å². The number of carbonyl (C=O) groups is 1. The standard InChI is InChI=1S/C20H32N2O3/c1-18(2,3)16-9-20(16)13-22(17(24)25-19(4,5)6)10-14(12-23)15(20)11-21(7)8/h11,16H,9-10,13H2,1-8H3/b15-11+. The Kier molecular flexibility index (Phi) is 4.86. The first-order valence-corrected chi connectivity index (χ1v) is 8.91. The van der Waals surface area contributed by atoms with Crippen molar-refractivity contribution in [3.05, 3.63) is 17.3 Å². The first kappa shape index (κ1) is 19.6. The van der Waals surface area contributed by atoms with E-state index in [1.807, 2.05) is 46.0 Å². The highest BCUT2D eigenvalue weighted by atomic mass is 16.6. The zero-order chi connectivity index (χ0) is 19.2. The molecule has 5 nitrogen and oxygen atoms in total. The number of amides is 1. The third-order valence-corrected chi connectivity index (χ3v) is 4.97. The van der Waals surface area contributed by atoms with E-state index in [4.69, 9.17) is 4.74 Å². The molecule has 1 aliphatic heterocycles. The van der Waals surface area contributed by atoms with Gasteiger partial charge in [-0.05, 0) is 44.1 Å². The molecule has 25 heavy (non-hydrogen) atoms. The number of ether oxygens (including phenoxy) is 1. The van der Waals surface area contributed by atoms with Gasteiger partial charge in [-0.2, -0.15) is 0 Å². The van der Waals surface area contributed by atoms with Crippen molar-refractivity contribution in [1.29, 1.82) is 0 Å². The van der Waals surface area contributed by atoms with E-state index in [1.165, 1.54) is 0 Å². The summed E-state index contributed by atoms with van der Waals surface area (Å²) in [6, 6.07) is 0. The van der Waals surface area contributed by atoms with E-state index >= 15 is 0 Å². The van der Waals surface area contributed by atoms with Crippen LogP contribution in [0.3, 0.4) is 0 Å². The molecule has 0 aromatic heterocycles. The molecule has 2 atom stereocenters. The molecule has 1 saturated carbocycles. The molecule has 2 fully saturated rings. The van der Waals surface area contributed by atoms with Gasteiger partial charge in [0.05, 0.1) is 12.1 Å². The van der Waals surface area contributed by atoms with Gasteiger partial charge >= 0.3 is 6.09 Å². The Morgan fingerprint density at radius 1 is 1.28 bits per heavy atom. The first-order valence-electron chi connectivity index (χ1n) is 8.91. The minimum atomic E-state index is -0.554. The predicted octanol–water partition coefficient (Wildman–Crippen LogP) is 3.49. The van der Waals surface area contributed by atoms with Crippen molar-refractivity contribution in [2.24, 2.45) is 16.7 Å². The highest BCUT2D eigenvalue weighted by Gasteiger charge is 2.64. The molecule has 2 aliphatic rings. The van der Waals surface area contributed by atoms with Crippen molar-refractivity contribution in [2.75, 3.05) is 27.2 Å². The molecule has 0 aromatic carbocycles. The molecule has 1 amide bonds. The first-order chi connectivity index (χ1) is 11.3. The van der Waals surface area contributed by atoms with Crippen molar-refractivity contribution >= 4 is 12.0 Å². The Bertz CT molecular complexity index is 630. The largest absolute Gasteiger partial charge is 0.444 e. The van der Waals surface area contributed by atoms with Gasteiger partial charge in [0.2, 0.25) is 0 Å². The Morgan fingerprint density at radius 2 is 1.88 bits per heavy atom. The van der Waals surface area contributed by atoms with E-state index in [9.17, 15) is 9.59 Å². The van der Waals surface area contributed by atoms with Crippen LogP contribution in [-0.2, 0) is 9.53 Å².